The van der Waals surface area contributed by atoms with Crippen molar-refractivity contribution in [1.29, 1.82) is 0 Å². The summed E-state index contributed by atoms with van der Waals surface area (Å²) in [6.07, 6.45) is 0. The Morgan fingerprint density at radius 1 is 0.667 bits per heavy atom. The molecule has 0 saturated heterocycles. The minimum Gasteiger partial charge on any atom is -0.272 e. The molecule has 4 heteroatoms. The highest BCUT2D eigenvalue weighted by atomic mass is 16.7. The molecule has 0 N–H and O–H groups in total. The summed E-state index contributed by atoms with van der Waals surface area (Å²) in [6, 6.07) is 20.0. The van der Waals surface area contributed by atoms with Crippen LogP contribution in [0.1, 0.15) is 13.8 Å². The molecule has 0 aliphatic rings. The van der Waals surface area contributed by atoms with Gasteiger partial charge in [-0.3, -0.25) is 9.68 Å². The minimum atomic E-state index is 0.496. The molecule has 0 spiro atoms. The highest BCUT2D eigenvalue weighted by Gasteiger charge is 2.13. The van der Waals surface area contributed by atoms with E-state index in [-0.39, 0.29) is 0 Å². The normalized spacial score (nSPS) is 10.4. The van der Waals surface area contributed by atoms with E-state index in [1.807, 2.05) is 84.6 Å². The van der Waals surface area contributed by atoms with Gasteiger partial charge in [-0.05, 0) is 38.1 Å². The summed E-state index contributed by atoms with van der Waals surface area (Å²) in [5.41, 5.74) is 2.00. The smallest absolute Gasteiger partial charge is 0.142 e. The first-order valence-electron chi connectivity index (χ1n) is 7.26. The second-order valence-electron chi connectivity index (χ2n) is 4.41. The van der Waals surface area contributed by atoms with E-state index in [4.69, 9.17) is 9.68 Å². The van der Waals surface area contributed by atoms with Gasteiger partial charge >= 0.3 is 0 Å². The Morgan fingerprint density at radius 2 is 1.05 bits per heavy atom. The fourth-order valence-electron chi connectivity index (χ4n) is 2.01. The summed E-state index contributed by atoms with van der Waals surface area (Å²) in [6.45, 7) is 5.65. The number of hydrogen-bond acceptors (Lipinski definition) is 4. The van der Waals surface area contributed by atoms with Gasteiger partial charge in [0.1, 0.15) is 6.67 Å². The number of hydrogen-bond donors (Lipinski definition) is 0. The van der Waals surface area contributed by atoms with Crippen molar-refractivity contribution in [3.8, 4) is 0 Å². The number of benzene rings is 2. The Labute approximate surface area is 126 Å². The average molecular weight is 286 g/mol. The topological polar surface area (TPSA) is 24.9 Å². The summed E-state index contributed by atoms with van der Waals surface area (Å²) in [5, 5.41) is 3.67. The van der Waals surface area contributed by atoms with Gasteiger partial charge in [-0.15, -0.1) is 0 Å². The number of nitrogens with zero attached hydrogens (tertiary/aromatic N) is 2. The Hall–Kier alpha value is -2.04. The molecular weight excluding hydrogens is 264 g/mol. The predicted octanol–water partition coefficient (Wildman–Crippen LogP) is 3.86. The van der Waals surface area contributed by atoms with Crippen molar-refractivity contribution in [3.05, 3.63) is 60.7 Å². The summed E-state index contributed by atoms with van der Waals surface area (Å²) in [4.78, 5) is 11.5. The lowest BCUT2D eigenvalue weighted by Gasteiger charge is -2.31. The Morgan fingerprint density at radius 3 is 1.38 bits per heavy atom. The summed E-state index contributed by atoms with van der Waals surface area (Å²) >= 11 is 0. The van der Waals surface area contributed by atoms with Crippen LogP contribution < -0.4 is 10.1 Å². The standard InChI is InChI=1S/C17H22N2O2/c1-3-20-18(16-11-7-5-8-12-16)15-19(21-4-2)17-13-9-6-10-14-17/h5-14H,3-4,15H2,1-2H3. The third kappa shape index (κ3) is 4.48. The molecule has 0 atom stereocenters. The van der Waals surface area contributed by atoms with Crippen LogP contribution >= 0.6 is 0 Å². The first kappa shape index (κ1) is 15.4. The van der Waals surface area contributed by atoms with Crippen LogP contribution in [0.5, 0.6) is 0 Å². The predicted molar refractivity (Wildman–Crippen MR) is 86.0 cm³/mol. The van der Waals surface area contributed by atoms with Gasteiger partial charge in [-0.2, -0.15) is 0 Å². The molecule has 0 bridgehead atoms. The summed E-state index contributed by atoms with van der Waals surface area (Å²) in [7, 11) is 0. The van der Waals surface area contributed by atoms with E-state index in [9.17, 15) is 0 Å². The van der Waals surface area contributed by atoms with Crippen LogP contribution in [0.2, 0.25) is 0 Å². The molecular formula is C17H22N2O2. The largest absolute Gasteiger partial charge is 0.272 e. The molecule has 21 heavy (non-hydrogen) atoms. The van der Waals surface area contributed by atoms with Crippen molar-refractivity contribution in [3.63, 3.8) is 0 Å². The van der Waals surface area contributed by atoms with Gasteiger partial charge in [0.15, 0.2) is 0 Å². The Bertz CT molecular complexity index is 457. The quantitative estimate of drug-likeness (QED) is 0.543. The van der Waals surface area contributed by atoms with Crippen molar-refractivity contribution in [1.82, 2.24) is 0 Å². The van der Waals surface area contributed by atoms with Gasteiger partial charge in [0.05, 0.1) is 24.6 Å². The van der Waals surface area contributed by atoms with Gasteiger partial charge in [-0.25, -0.2) is 10.1 Å². The molecule has 2 aromatic rings. The second kappa shape index (κ2) is 8.29. The van der Waals surface area contributed by atoms with E-state index in [0.717, 1.165) is 11.4 Å². The zero-order chi connectivity index (χ0) is 14.9. The van der Waals surface area contributed by atoms with Crippen LogP contribution in [0, 0.1) is 0 Å². The average Bonchev–Trinajstić information content (AvgIpc) is 2.55. The number of anilines is 2. The van der Waals surface area contributed by atoms with E-state index >= 15 is 0 Å². The van der Waals surface area contributed by atoms with E-state index in [1.54, 1.807) is 0 Å². The number of hydroxylamine groups is 2. The van der Waals surface area contributed by atoms with Crippen molar-refractivity contribution < 1.29 is 9.68 Å². The van der Waals surface area contributed by atoms with E-state index in [0.29, 0.717) is 19.9 Å². The highest BCUT2D eigenvalue weighted by Crippen LogP contribution is 2.19. The molecule has 0 aliphatic carbocycles. The van der Waals surface area contributed by atoms with Crippen LogP contribution in [-0.4, -0.2) is 19.9 Å². The van der Waals surface area contributed by atoms with E-state index < -0.39 is 0 Å². The molecule has 0 heterocycles. The lowest BCUT2D eigenvalue weighted by Crippen LogP contribution is -2.38. The molecule has 0 aliphatic heterocycles. The zero-order valence-electron chi connectivity index (χ0n) is 12.6. The van der Waals surface area contributed by atoms with Gasteiger partial charge in [0.25, 0.3) is 0 Å². The third-order valence-corrected chi connectivity index (χ3v) is 2.92. The third-order valence-electron chi connectivity index (χ3n) is 2.92. The SMILES string of the molecule is CCON(CN(OCC)c1ccccc1)c1ccccc1. The molecule has 2 rings (SSSR count). The first-order chi connectivity index (χ1) is 10.3. The van der Waals surface area contributed by atoms with Crippen LogP contribution in [0.4, 0.5) is 11.4 Å². The monoisotopic (exact) mass is 286 g/mol. The second-order valence-corrected chi connectivity index (χ2v) is 4.41. The fourth-order valence-corrected chi connectivity index (χ4v) is 2.01. The fraction of sp³-hybridized carbons (Fsp3) is 0.294. The van der Waals surface area contributed by atoms with Crippen molar-refractivity contribution in [2.45, 2.75) is 13.8 Å². The maximum absolute atomic E-state index is 5.74. The van der Waals surface area contributed by atoms with Crippen LogP contribution in [0.3, 0.4) is 0 Å². The molecule has 2 aromatic carbocycles. The Kier molecular flexibility index (Phi) is 6.06. The van der Waals surface area contributed by atoms with Gasteiger partial charge in [0.2, 0.25) is 0 Å². The highest BCUT2D eigenvalue weighted by molar-refractivity contribution is 5.48. The van der Waals surface area contributed by atoms with E-state index in [2.05, 4.69) is 0 Å². The number of para-hydroxylation sites is 2. The summed E-state index contributed by atoms with van der Waals surface area (Å²) < 4.78 is 0. The van der Waals surface area contributed by atoms with Crippen LogP contribution in [0.25, 0.3) is 0 Å². The summed E-state index contributed by atoms with van der Waals surface area (Å²) in [5.74, 6) is 0. The van der Waals surface area contributed by atoms with Gasteiger partial charge in [0, 0.05) is 0 Å². The maximum atomic E-state index is 5.74. The lowest BCUT2D eigenvalue weighted by molar-refractivity contribution is 0.0676. The van der Waals surface area contributed by atoms with Crippen LogP contribution in [-0.2, 0) is 9.68 Å². The van der Waals surface area contributed by atoms with Crippen LogP contribution in [0.15, 0.2) is 60.7 Å². The molecule has 4 nitrogen and oxygen atoms in total. The van der Waals surface area contributed by atoms with E-state index in [1.165, 1.54) is 0 Å². The van der Waals surface area contributed by atoms with Crippen molar-refractivity contribution in [2.24, 2.45) is 0 Å². The maximum Gasteiger partial charge on any atom is 0.142 e. The van der Waals surface area contributed by atoms with Gasteiger partial charge in [-0.1, -0.05) is 36.4 Å². The molecule has 0 aromatic heterocycles. The molecule has 0 radical (unpaired) electrons. The number of rotatable bonds is 8. The van der Waals surface area contributed by atoms with Crippen molar-refractivity contribution in [2.75, 3.05) is 30.0 Å². The first-order valence-corrected chi connectivity index (χ1v) is 7.26. The Balaban J connectivity index is 2.16. The molecule has 0 saturated carbocycles. The lowest BCUT2D eigenvalue weighted by atomic mass is 10.3. The molecule has 112 valence electrons. The molecule has 0 amide bonds. The molecule has 0 unspecified atom stereocenters. The molecule has 0 fully saturated rings. The minimum absolute atomic E-state index is 0.496. The van der Waals surface area contributed by atoms with Gasteiger partial charge < -0.3 is 0 Å². The zero-order valence-corrected chi connectivity index (χ0v) is 12.6. The van der Waals surface area contributed by atoms with Crippen molar-refractivity contribution >= 4 is 11.4 Å².